The molecule has 0 amide bonds. The molecule has 8 heteroatoms. The summed E-state index contributed by atoms with van der Waals surface area (Å²) < 4.78 is 14.2. The molecule has 0 bridgehead atoms. The number of benzene rings is 2. The molecular formula is C23H21BrN4O3. The Labute approximate surface area is 188 Å². The highest BCUT2D eigenvalue weighted by atomic mass is 79.9. The molecule has 3 aromatic rings. The first-order valence-electron chi connectivity index (χ1n) is 10.1. The first kappa shape index (κ1) is 19.8. The summed E-state index contributed by atoms with van der Waals surface area (Å²) in [6, 6.07) is 13.5. The van der Waals surface area contributed by atoms with Gasteiger partial charge in [-0.1, -0.05) is 30.3 Å². The van der Waals surface area contributed by atoms with E-state index in [9.17, 15) is 4.79 Å². The molecule has 5 rings (SSSR count). The lowest BCUT2D eigenvalue weighted by Crippen LogP contribution is -2.31. The molecule has 0 unspecified atom stereocenters. The van der Waals surface area contributed by atoms with Gasteiger partial charge >= 0.3 is 0 Å². The number of ether oxygens (including phenoxy) is 2. The van der Waals surface area contributed by atoms with Crippen LogP contribution in [-0.2, 0) is 11.4 Å². The zero-order chi connectivity index (χ0) is 21.4. The van der Waals surface area contributed by atoms with Gasteiger partial charge in [-0.3, -0.25) is 4.79 Å². The fourth-order valence-electron chi connectivity index (χ4n) is 4.17. The number of ketones is 1. The van der Waals surface area contributed by atoms with Crippen molar-refractivity contribution < 1.29 is 14.3 Å². The van der Waals surface area contributed by atoms with Gasteiger partial charge in [-0.2, -0.15) is 10.1 Å². The normalized spacial score (nSPS) is 17.6. The fraction of sp³-hybridized carbons (Fsp3) is 0.261. The maximum Gasteiger partial charge on any atom is 0.226 e. The highest BCUT2D eigenvalue weighted by Gasteiger charge is 2.36. The van der Waals surface area contributed by atoms with Gasteiger partial charge < -0.3 is 14.8 Å². The van der Waals surface area contributed by atoms with Gasteiger partial charge in [-0.25, -0.2) is 4.68 Å². The van der Waals surface area contributed by atoms with Crippen LogP contribution in [0.2, 0.25) is 0 Å². The van der Waals surface area contributed by atoms with E-state index in [1.165, 1.54) is 6.33 Å². The predicted octanol–water partition coefficient (Wildman–Crippen LogP) is 4.65. The summed E-state index contributed by atoms with van der Waals surface area (Å²) in [6.07, 6.45) is 3.70. The van der Waals surface area contributed by atoms with Crippen molar-refractivity contribution >= 4 is 27.7 Å². The highest BCUT2D eigenvalue weighted by Crippen LogP contribution is 2.44. The number of halogens is 1. The molecule has 2 aromatic carbocycles. The molecule has 1 aliphatic heterocycles. The van der Waals surface area contributed by atoms with Crippen molar-refractivity contribution in [2.24, 2.45) is 0 Å². The number of nitrogens with one attached hydrogen (secondary N) is 1. The predicted molar refractivity (Wildman–Crippen MR) is 119 cm³/mol. The zero-order valence-corrected chi connectivity index (χ0v) is 18.6. The lowest BCUT2D eigenvalue weighted by Gasteiger charge is -2.32. The Kier molecular flexibility index (Phi) is 5.23. The molecule has 1 aliphatic carbocycles. The second-order valence-corrected chi connectivity index (χ2v) is 8.39. The molecule has 1 atom stereocenters. The summed E-state index contributed by atoms with van der Waals surface area (Å²) >= 11 is 3.65. The van der Waals surface area contributed by atoms with Gasteiger partial charge in [-0.05, 0) is 52.0 Å². The molecule has 7 nitrogen and oxygen atoms in total. The van der Waals surface area contributed by atoms with Crippen molar-refractivity contribution in [1.82, 2.24) is 14.8 Å². The third-order valence-corrected chi connectivity index (χ3v) is 6.19. The van der Waals surface area contributed by atoms with Crippen LogP contribution in [0.15, 0.2) is 64.5 Å². The van der Waals surface area contributed by atoms with Crippen LogP contribution in [0.3, 0.4) is 0 Å². The highest BCUT2D eigenvalue weighted by molar-refractivity contribution is 9.10. The Morgan fingerprint density at radius 1 is 1.23 bits per heavy atom. The number of Topliss-reactive ketones (excluding diaryl/α,β-unsaturated/α-hetero) is 1. The maximum absolute atomic E-state index is 12.9. The fourth-order valence-corrected chi connectivity index (χ4v) is 4.75. The Balaban J connectivity index is 1.55. The van der Waals surface area contributed by atoms with Crippen LogP contribution < -0.4 is 14.8 Å². The quantitative estimate of drug-likeness (QED) is 0.572. The number of hydrogen-bond acceptors (Lipinski definition) is 6. The van der Waals surface area contributed by atoms with E-state index in [4.69, 9.17) is 9.47 Å². The molecule has 0 spiro atoms. The Hall–Kier alpha value is -3.13. The topological polar surface area (TPSA) is 78.3 Å². The van der Waals surface area contributed by atoms with Crippen molar-refractivity contribution in [3.63, 3.8) is 0 Å². The summed E-state index contributed by atoms with van der Waals surface area (Å²) in [7, 11) is 1.61. The second-order valence-electron chi connectivity index (χ2n) is 7.53. The Morgan fingerprint density at radius 3 is 2.87 bits per heavy atom. The molecule has 0 radical (unpaired) electrons. The molecule has 2 aliphatic rings. The van der Waals surface area contributed by atoms with E-state index in [-0.39, 0.29) is 11.8 Å². The van der Waals surface area contributed by atoms with Crippen LogP contribution in [0.4, 0.5) is 5.95 Å². The van der Waals surface area contributed by atoms with E-state index in [1.807, 2.05) is 42.5 Å². The molecule has 1 N–H and O–H groups in total. The number of carbonyl (C=O) groups excluding carboxylic acids is 1. The number of methoxy groups -OCH3 is 1. The van der Waals surface area contributed by atoms with E-state index in [0.717, 1.165) is 39.7 Å². The van der Waals surface area contributed by atoms with Gasteiger partial charge in [0.05, 0.1) is 11.6 Å². The van der Waals surface area contributed by atoms with Crippen molar-refractivity contribution in [3.05, 3.63) is 75.7 Å². The standard InChI is InChI=1S/C23H21BrN4O3/c1-30-19-11-15(10-16(24)22(19)31-12-14-6-3-2-4-7-14)21-20-17(8-5-9-18(20)29)27-23-25-13-26-28(21)23/h2-4,6-7,10-11,13,21H,5,8-9,12H2,1H3,(H,25,26,27)/t21-/m1/s1. The molecular weight excluding hydrogens is 460 g/mol. The van der Waals surface area contributed by atoms with Gasteiger partial charge in [0, 0.05) is 17.7 Å². The largest absolute Gasteiger partial charge is 0.493 e. The third kappa shape index (κ3) is 3.61. The molecule has 2 heterocycles. The summed E-state index contributed by atoms with van der Waals surface area (Å²) in [6.45, 7) is 0.420. The second kappa shape index (κ2) is 8.19. The molecule has 158 valence electrons. The average molecular weight is 481 g/mol. The van der Waals surface area contributed by atoms with E-state index in [1.54, 1.807) is 11.8 Å². The van der Waals surface area contributed by atoms with Gasteiger partial charge in [0.15, 0.2) is 17.3 Å². The molecule has 31 heavy (non-hydrogen) atoms. The van der Waals surface area contributed by atoms with E-state index in [2.05, 4.69) is 31.3 Å². The summed E-state index contributed by atoms with van der Waals surface area (Å²) in [4.78, 5) is 17.2. The number of allylic oxidation sites excluding steroid dienone is 2. The Morgan fingerprint density at radius 2 is 2.06 bits per heavy atom. The van der Waals surface area contributed by atoms with E-state index >= 15 is 0 Å². The summed E-state index contributed by atoms with van der Waals surface area (Å²) in [5, 5.41) is 7.68. The molecule has 0 saturated carbocycles. The first-order valence-corrected chi connectivity index (χ1v) is 10.9. The van der Waals surface area contributed by atoms with Gasteiger partial charge in [0.2, 0.25) is 5.95 Å². The number of rotatable bonds is 5. The smallest absolute Gasteiger partial charge is 0.226 e. The van der Waals surface area contributed by atoms with Gasteiger partial charge in [0.1, 0.15) is 19.0 Å². The monoisotopic (exact) mass is 480 g/mol. The zero-order valence-electron chi connectivity index (χ0n) is 17.0. The SMILES string of the molecule is COc1cc([C@@H]2C3=C(CCCC3=O)Nc3ncnn32)cc(Br)c1OCc1ccccc1. The number of aromatic nitrogens is 3. The average Bonchev–Trinajstić information content (AvgIpc) is 3.25. The lowest BCUT2D eigenvalue weighted by atomic mass is 9.85. The van der Waals surface area contributed by atoms with Crippen molar-refractivity contribution in [2.45, 2.75) is 31.9 Å². The van der Waals surface area contributed by atoms with Crippen LogP contribution in [0.5, 0.6) is 11.5 Å². The van der Waals surface area contributed by atoms with E-state index in [0.29, 0.717) is 30.5 Å². The molecule has 0 saturated heterocycles. The van der Waals surface area contributed by atoms with Gasteiger partial charge in [0.25, 0.3) is 0 Å². The number of nitrogens with zero attached hydrogens (tertiary/aromatic N) is 3. The van der Waals surface area contributed by atoms with Crippen LogP contribution in [0.25, 0.3) is 0 Å². The lowest BCUT2D eigenvalue weighted by molar-refractivity contribution is -0.116. The van der Waals surface area contributed by atoms with Crippen LogP contribution in [0.1, 0.15) is 36.4 Å². The maximum atomic E-state index is 12.9. The summed E-state index contributed by atoms with van der Waals surface area (Å²) in [5.74, 6) is 1.98. The van der Waals surface area contributed by atoms with Crippen molar-refractivity contribution in [1.29, 1.82) is 0 Å². The minimum absolute atomic E-state index is 0.138. The first-order chi connectivity index (χ1) is 15.2. The third-order valence-electron chi connectivity index (χ3n) is 5.60. The number of hydrogen-bond donors (Lipinski definition) is 1. The molecule has 1 aromatic heterocycles. The van der Waals surface area contributed by atoms with Crippen molar-refractivity contribution in [2.75, 3.05) is 12.4 Å². The number of carbonyl (C=O) groups is 1. The molecule has 0 fully saturated rings. The van der Waals surface area contributed by atoms with Crippen LogP contribution in [-0.4, -0.2) is 27.7 Å². The number of anilines is 1. The summed E-state index contributed by atoms with van der Waals surface area (Å²) in [5.41, 5.74) is 3.62. The number of fused-ring (bicyclic) bond motifs is 1. The van der Waals surface area contributed by atoms with Crippen LogP contribution >= 0.6 is 15.9 Å². The van der Waals surface area contributed by atoms with Gasteiger partial charge in [-0.15, -0.1) is 0 Å². The van der Waals surface area contributed by atoms with Crippen LogP contribution in [0, 0.1) is 0 Å². The minimum atomic E-state index is -0.366. The van der Waals surface area contributed by atoms with E-state index < -0.39 is 0 Å². The minimum Gasteiger partial charge on any atom is -0.493 e. The Bertz CT molecular complexity index is 1170. The van der Waals surface area contributed by atoms with Crippen molar-refractivity contribution in [3.8, 4) is 11.5 Å².